The minimum Gasteiger partial charge on any atom is -0.486 e. The predicted octanol–water partition coefficient (Wildman–Crippen LogP) is 3.21. The van der Waals surface area contributed by atoms with Crippen LogP contribution in [-0.2, 0) is 4.79 Å². The van der Waals surface area contributed by atoms with Crippen LogP contribution in [0.2, 0.25) is 0 Å². The van der Waals surface area contributed by atoms with Crippen LogP contribution in [0.1, 0.15) is 10.6 Å². The SMILES string of the molecule is Cc1nnc(NC(=O)CSc2nc3cc4c(cc3cc2C)OCCO4)s1. The first-order valence-corrected chi connectivity index (χ1v) is 9.82. The van der Waals surface area contributed by atoms with Crippen LogP contribution in [0.5, 0.6) is 11.5 Å². The number of carbonyl (C=O) groups excluding carboxylic acids is 1. The highest BCUT2D eigenvalue weighted by Gasteiger charge is 2.15. The van der Waals surface area contributed by atoms with Gasteiger partial charge in [0.1, 0.15) is 23.2 Å². The molecule has 3 heterocycles. The molecule has 1 N–H and O–H groups in total. The third-order valence-electron chi connectivity index (χ3n) is 3.74. The summed E-state index contributed by atoms with van der Waals surface area (Å²) in [4.78, 5) is 16.8. The average Bonchev–Trinajstić information content (AvgIpc) is 3.03. The van der Waals surface area contributed by atoms with E-state index >= 15 is 0 Å². The molecule has 0 radical (unpaired) electrons. The molecule has 2 aromatic heterocycles. The van der Waals surface area contributed by atoms with Gasteiger partial charge in [-0.15, -0.1) is 10.2 Å². The Labute approximate surface area is 158 Å². The highest BCUT2D eigenvalue weighted by atomic mass is 32.2. The second-order valence-corrected chi connectivity index (χ2v) is 7.91. The van der Waals surface area contributed by atoms with E-state index in [-0.39, 0.29) is 11.7 Å². The Morgan fingerprint density at radius 2 is 1.96 bits per heavy atom. The van der Waals surface area contributed by atoms with Crippen molar-refractivity contribution in [3.8, 4) is 11.5 Å². The second-order valence-electron chi connectivity index (χ2n) is 5.76. The minimum absolute atomic E-state index is 0.130. The summed E-state index contributed by atoms with van der Waals surface area (Å²) in [5.74, 6) is 1.58. The van der Waals surface area contributed by atoms with Gasteiger partial charge >= 0.3 is 0 Å². The fourth-order valence-electron chi connectivity index (χ4n) is 2.58. The molecule has 1 aliphatic rings. The molecule has 1 aliphatic heterocycles. The van der Waals surface area contributed by atoms with Gasteiger partial charge in [0, 0.05) is 11.5 Å². The van der Waals surface area contributed by atoms with E-state index in [0.29, 0.717) is 24.1 Å². The highest BCUT2D eigenvalue weighted by Crippen LogP contribution is 2.35. The summed E-state index contributed by atoms with van der Waals surface area (Å²) in [6.07, 6.45) is 0. The molecule has 0 atom stereocenters. The lowest BCUT2D eigenvalue weighted by molar-refractivity contribution is -0.113. The number of nitrogens with zero attached hydrogens (tertiary/aromatic N) is 3. The molecule has 3 aromatic rings. The summed E-state index contributed by atoms with van der Waals surface area (Å²) in [5, 5.41) is 13.7. The number of aromatic nitrogens is 3. The Morgan fingerprint density at radius 3 is 2.69 bits per heavy atom. The number of fused-ring (bicyclic) bond motifs is 2. The van der Waals surface area contributed by atoms with Gasteiger partial charge in [0.25, 0.3) is 0 Å². The predicted molar refractivity (Wildman–Crippen MR) is 101 cm³/mol. The number of thioether (sulfide) groups is 1. The summed E-state index contributed by atoms with van der Waals surface area (Å²) in [7, 11) is 0. The van der Waals surface area contributed by atoms with E-state index < -0.39 is 0 Å². The molecule has 0 saturated heterocycles. The third kappa shape index (κ3) is 3.58. The average molecular weight is 388 g/mol. The van der Waals surface area contributed by atoms with Crippen LogP contribution in [0.25, 0.3) is 10.9 Å². The number of rotatable bonds is 4. The fraction of sp³-hybridized carbons (Fsp3) is 0.294. The maximum atomic E-state index is 12.1. The molecule has 0 fully saturated rings. The summed E-state index contributed by atoms with van der Waals surface area (Å²) in [5.41, 5.74) is 1.83. The molecular weight excluding hydrogens is 372 g/mol. The number of ether oxygens (including phenoxy) is 2. The van der Waals surface area contributed by atoms with E-state index in [2.05, 4.69) is 26.6 Å². The minimum atomic E-state index is -0.130. The van der Waals surface area contributed by atoms with Gasteiger partial charge in [-0.3, -0.25) is 10.1 Å². The number of nitrogens with one attached hydrogen (secondary N) is 1. The molecule has 26 heavy (non-hydrogen) atoms. The van der Waals surface area contributed by atoms with Gasteiger partial charge in [0.05, 0.1) is 11.3 Å². The Bertz CT molecular complexity index is 990. The number of carbonyl (C=O) groups is 1. The van der Waals surface area contributed by atoms with Crippen LogP contribution in [0.3, 0.4) is 0 Å². The van der Waals surface area contributed by atoms with Gasteiger partial charge in [-0.05, 0) is 31.5 Å². The van der Waals surface area contributed by atoms with Crippen LogP contribution in [0.4, 0.5) is 5.13 Å². The molecule has 0 saturated carbocycles. The Balaban J connectivity index is 1.50. The number of benzene rings is 1. The van der Waals surface area contributed by atoms with E-state index in [1.54, 1.807) is 0 Å². The molecule has 134 valence electrons. The Kier molecular flexibility index (Phi) is 4.64. The van der Waals surface area contributed by atoms with E-state index in [1.165, 1.54) is 23.1 Å². The standard InChI is InChI=1S/C17H16N4O3S2/c1-9-5-11-6-13-14(24-4-3-23-13)7-12(11)18-16(9)25-8-15(22)19-17-21-20-10(2)26-17/h5-7H,3-4,8H2,1-2H3,(H,19,21,22). The third-order valence-corrected chi connectivity index (χ3v) is 5.58. The Morgan fingerprint density at radius 1 is 1.19 bits per heavy atom. The monoisotopic (exact) mass is 388 g/mol. The molecule has 0 aliphatic carbocycles. The zero-order chi connectivity index (χ0) is 18.1. The molecule has 0 bridgehead atoms. The van der Waals surface area contributed by atoms with E-state index in [4.69, 9.17) is 9.47 Å². The first-order chi connectivity index (χ1) is 12.6. The molecule has 4 rings (SSSR count). The number of aryl methyl sites for hydroxylation is 2. The van der Waals surface area contributed by atoms with Gasteiger partial charge in [0.2, 0.25) is 11.0 Å². The van der Waals surface area contributed by atoms with Crippen LogP contribution in [-0.4, -0.2) is 40.1 Å². The van der Waals surface area contributed by atoms with Crippen molar-refractivity contribution >= 4 is 45.0 Å². The van der Waals surface area contributed by atoms with Crippen LogP contribution in [0, 0.1) is 13.8 Å². The summed E-state index contributed by atoms with van der Waals surface area (Å²) in [6, 6.07) is 5.88. The molecular formula is C17H16N4O3S2. The highest BCUT2D eigenvalue weighted by molar-refractivity contribution is 8.00. The second kappa shape index (κ2) is 7.08. The van der Waals surface area contributed by atoms with Crippen LogP contribution >= 0.6 is 23.1 Å². The maximum absolute atomic E-state index is 12.1. The normalized spacial score (nSPS) is 13.0. The van der Waals surface area contributed by atoms with Crippen LogP contribution in [0.15, 0.2) is 23.2 Å². The van der Waals surface area contributed by atoms with Gasteiger partial charge in [0.15, 0.2) is 11.5 Å². The van der Waals surface area contributed by atoms with Crippen molar-refractivity contribution in [2.24, 2.45) is 0 Å². The number of amides is 1. The van der Waals surface area contributed by atoms with Crippen molar-refractivity contribution in [3.63, 3.8) is 0 Å². The van der Waals surface area contributed by atoms with Gasteiger partial charge in [-0.25, -0.2) is 4.98 Å². The largest absolute Gasteiger partial charge is 0.486 e. The first-order valence-electron chi connectivity index (χ1n) is 8.02. The van der Waals surface area contributed by atoms with Gasteiger partial charge in [-0.1, -0.05) is 23.1 Å². The quantitative estimate of drug-likeness (QED) is 0.687. The van der Waals surface area contributed by atoms with Crippen molar-refractivity contribution < 1.29 is 14.3 Å². The van der Waals surface area contributed by atoms with Gasteiger partial charge < -0.3 is 9.47 Å². The molecule has 0 spiro atoms. The van der Waals surface area contributed by atoms with Crippen molar-refractivity contribution in [2.45, 2.75) is 18.9 Å². The van der Waals surface area contributed by atoms with Crippen molar-refractivity contribution in [1.29, 1.82) is 0 Å². The fourth-order valence-corrected chi connectivity index (χ4v) is 3.98. The smallest absolute Gasteiger partial charge is 0.236 e. The molecule has 7 nitrogen and oxygen atoms in total. The van der Waals surface area contributed by atoms with E-state index in [0.717, 1.165) is 32.2 Å². The van der Waals surface area contributed by atoms with E-state index in [9.17, 15) is 4.79 Å². The first kappa shape index (κ1) is 17.0. The summed E-state index contributed by atoms with van der Waals surface area (Å²) in [6.45, 7) is 4.93. The number of hydrogen-bond acceptors (Lipinski definition) is 8. The summed E-state index contributed by atoms with van der Waals surface area (Å²) < 4.78 is 11.2. The lowest BCUT2D eigenvalue weighted by atomic mass is 10.1. The topological polar surface area (TPSA) is 86.2 Å². The number of anilines is 1. The Hall–Kier alpha value is -2.39. The lowest BCUT2D eigenvalue weighted by Gasteiger charge is -2.19. The van der Waals surface area contributed by atoms with Crippen molar-refractivity contribution in [1.82, 2.24) is 15.2 Å². The molecule has 1 amide bonds. The van der Waals surface area contributed by atoms with Crippen molar-refractivity contribution in [3.05, 3.63) is 28.8 Å². The maximum Gasteiger partial charge on any atom is 0.236 e. The number of hydrogen-bond donors (Lipinski definition) is 1. The number of pyridine rings is 1. The molecule has 9 heteroatoms. The van der Waals surface area contributed by atoms with Crippen LogP contribution < -0.4 is 14.8 Å². The van der Waals surface area contributed by atoms with Gasteiger partial charge in [-0.2, -0.15) is 0 Å². The zero-order valence-electron chi connectivity index (χ0n) is 14.2. The molecule has 0 unspecified atom stereocenters. The van der Waals surface area contributed by atoms with Crippen molar-refractivity contribution in [2.75, 3.05) is 24.3 Å². The lowest BCUT2D eigenvalue weighted by Crippen LogP contribution is -2.15. The molecule has 1 aromatic carbocycles. The van der Waals surface area contributed by atoms with E-state index in [1.807, 2.05) is 26.0 Å². The zero-order valence-corrected chi connectivity index (χ0v) is 15.9. The summed E-state index contributed by atoms with van der Waals surface area (Å²) >= 11 is 2.75.